The maximum absolute atomic E-state index is 4.99. The van der Waals surface area contributed by atoms with Crippen molar-refractivity contribution in [3.63, 3.8) is 0 Å². The monoisotopic (exact) mass is 230 g/mol. The maximum Gasteiger partial charge on any atom is 0.223 e. The molecule has 17 heavy (non-hydrogen) atoms. The molecule has 2 aromatic heterocycles. The smallest absolute Gasteiger partial charge is 0.223 e. The second-order valence-electron chi connectivity index (χ2n) is 3.60. The van der Waals surface area contributed by atoms with Crippen LogP contribution in [0.2, 0.25) is 0 Å². The van der Waals surface area contributed by atoms with Gasteiger partial charge in [0.25, 0.3) is 0 Å². The number of anilines is 1. The molecule has 0 unspecified atom stereocenters. The van der Waals surface area contributed by atoms with Crippen molar-refractivity contribution in [1.29, 1.82) is 0 Å². The molecule has 2 heterocycles. The van der Waals surface area contributed by atoms with E-state index in [1.165, 1.54) is 5.56 Å². The first-order chi connectivity index (χ1) is 8.29. The molecule has 0 saturated heterocycles. The summed E-state index contributed by atoms with van der Waals surface area (Å²) in [5.74, 6) is 1.22. The summed E-state index contributed by atoms with van der Waals surface area (Å²) in [4.78, 5) is 12.3. The van der Waals surface area contributed by atoms with E-state index in [9.17, 15) is 0 Å². The molecule has 0 atom stereocenters. The molecular formula is C12H14N4O. The van der Waals surface area contributed by atoms with Gasteiger partial charge in [-0.25, -0.2) is 9.97 Å². The largest absolute Gasteiger partial charge is 0.494 e. The van der Waals surface area contributed by atoms with Crippen LogP contribution in [0, 0.1) is 6.92 Å². The molecule has 0 radical (unpaired) electrons. The number of aryl methyl sites for hydroxylation is 1. The van der Waals surface area contributed by atoms with E-state index in [1.54, 1.807) is 25.7 Å². The van der Waals surface area contributed by atoms with Crippen LogP contribution in [0.25, 0.3) is 0 Å². The summed E-state index contributed by atoms with van der Waals surface area (Å²) in [6, 6.07) is 1.98. The minimum absolute atomic E-state index is 0.578. The second kappa shape index (κ2) is 5.25. The Hall–Kier alpha value is -2.17. The zero-order valence-corrected chi connectivity index (χ0v) is 9.84. The molecule has 2 aromatic rings. The molecule has 0 aliphatic heterocycles. The van der Waals surface area contributed by atoms with Gasteiger partial charge in [-0.2, -0.15) is 0 Å². The van der Waals surface area contributed by atoms with Crippen LogP contribution in [0.5, 0.6) is 5.75 Å². The molecular weight excluding hydrogens is 216 g/mol. The topological polar surface area (TPSA) is 59.9 Å². The molecule has 0 aromatic carbocycles. The highest BCUT2D eigenvalue weighted by atomic mass is 16.5. The number of nitrogens with zero attached hydrogens (tertiary/aromatic N) is 3. The fourth-order valence-corrected chi connectivity index (χ4v) is 1.37. The first-order valence-corrected chi connectivity index (χ1v) is 5.29. The molecule has 0 bridgehead atoms. The first kappa shape index (κ1) is 11.3. The van der Waals surface area contributed by atoms with Gasteiger partial charge in [-0.15, -0.1) is 0 Å². The third kappa shape index (κ3) is 2.90. The van der Waals surface area contributed by atoms with Gasteiger partial charge in [0.2, 0.25) is 5.95 Å². The summed E-state index contributed by atoms with van der Waals surface area (Å²) >= 11 is 0. The number of hydrogen-bond donors (Lipinski definition) is 1. The Labute approximate surface area is 99.9 Å². The fraction of sp³-hybridized carbons (Fsp3) is 0.250. The van der Waals surface area contributed by atoms with Crippen molar-refractivity contribution in [1.82, 2.24) is 15.0 Å². The minimum atomic E-state index is 0.578. The number of rotatable bonds is 4. The second-order valence-corrected chi connectivity index (χ2v) is 3.60. The van der Waals surface area contributed by atoms with Crippen LogP contribution in [0.3, 0.4) is 0 Å². The standard InChI is InChI=1S/C12H14N4O/c1-9-3-4-13-5-10(9)6-14-12-15-7-11(17-2)8-16-12/h3-5,7-8H,6H2,1-2H3,(H,14,15,16). The minimum Gasteiger partial charge on any atom is -0.494 e. The Morgan fingerprint density at radius 1 is 1.24 bits per heavy atom. The summed E-state index contributed by atoms with van der Waals surface area (Å²) in [6.07, 6.45) is 6.88. The van der Waals surface area contributed by atoms with Gasteiger partial charge in [0, 0.05) is 18.9 Å². The van der Waals surface area contributed by atoms with Crippen molar-refractivity contribution in [2.24, 2.45) is 0 Å². The van der Waals surface area contributed by atoms with Gasteiger partial charge in [0.15, 0.2) is 5.75 Å². The highest BCUT2D eigenvalue weighted by Crippen LogP contribution is 2.10. The van der Waals surface area contributed by atoms with Crippen LogP contribution in [-0.2, 0) is 6.54 Å². The molecule has 88 valence electrons. The van der Waals surface area contributed by atoms with Crippen LogP contribution in [0.1, 0.15) is 11.1 Å². The van der Waals surface area contributed by atoms with Gasteiger partial charge < -0.3 is 10.1 Å². The average Bonchev–Trinajstić information content (AvgIpc) is 2.38. The molecule has 0 spiro atoms. The lowest BCUT2D eigenvalue weighted by Gasteiger charge is -2.07. The molecule has 0 aliphatic carbocycles. The van der Waals surface area contributed by atoms with Gasteiger partial charge in [-0.05, 0) is 24.1 Å². The van der Waals surface area contributed by atoms with Gasteiger partial charge >= 0.3 is 0 Å². The Balaban J connectivity index is 2.00. The Bertz CT molecular complexity index is 484. The third-order valence-corrected chi connectivity index (χ3v) is 2.45. The molecule has 1 N–H and O–H groups in total. The molecule has 2 rings (SSSR count). The highest BCUT2D eigenvalue weighted by molar-refractivity contribution is 5.31. The van der Waals surface area contributed by atoms with E-state index in [-0.39, 0.29) is 0 Å². The van der Waals surface area contributed by atoms with Crippen LogP contribution < -0.4 is 10.1 Å². The van der Waals surface area contributed by atoms with Gasteiger partial charge in [0.05, 0.1) is 19.5 Å². The lowest BCUT2D eigenvalue weighted by atomic mass is 10.2. The van der Waals surface area contributed by atoms with Crippen molar-refractivity contribution in [2.45, 2.75) is 13.5 Å². The van der Waals surface area contributed by atoms with Crippen molar-refractivity contribution >= 4 is 5.95 Å². The number of hydrogen-bond acceptors (Lipinski definition) is 5. The van der Waals surface area contributed by atoms with Crippen molar-refractivity contribution in [3.8, 4) is 5.75 Å². The Kier molecular flexibility index (Phi) is 3.49. The summed E-state index contributed by atoms with van der Waals surface area (Å²) in [5, 5.41) is 3.14. The van der Waals surface area contributed by atoms with E-state index in [0.29, 0.717) is 18.2 Å². The maximum atomic E-state index is 4.99. The number of methoxy groups -OCH3 is 1. The van der Waals surface area contributed by atoms with E-state index >= 15 is 0 Å². The number of aromatic nitrogens is 3. The van der Waals surface area contributed by atoms with Gasteiger partial charge in [-0.1, -0.05) is 0 Å². The lowest BCUT2D eigenvalue weighted by Crippen LogP contribution is -2.05. The van der Waals surface area contributed by atoms with Crippen molar-refractivity contribution in [3.05, 3.63) is 42.0 Å². The first-order valence-electron chi connectivity index (χ1n) is 5.29. The molecule has 5 heteroatoms. The van der Waals surface area contributed by atoms with E-state index < -0.39 is 0 Å². The number of ether oxygens (including phenoxy) is 1. The average molecular weight is 230 g/mol. The molecule has 0 amide bonds. The molecule has 0 fully saturated rings. The number of nitrogens with one attached hydrogen (secondary N) is 1. The normalized spacial score (nSPS) is 10.0. The van der Waals surface area contributed by atoms with Crippen LogP contribution in [-0.4, -0.2) is 22.1 Å². The summed E-state index contributed by atoms with van der Waals surface area (Å²) in [5.41, 5.74) is 2.33. The summed E-state index contributed by atoms with van der Waals surface area (Å²) < 4.78 is 4.99. The zero-order valence-electron chi connectivity index (χ0n) is 9.84. The van der Waals surface area contributed by atoms with Crippen LogP contribution in [0.15, 0.2) is 30.9 Å². The summed E-state index contributed by atoms with van der Waals surface area (Å²) in [7, 11) is 1.59. The van der Waals surface area contributed by atoms with Crippen LogP contribution in [0.4, 0.5) is 5.95 Å². The van der Waals surface area contributed by atoms with Crippen LogP contribution >= 0.6 is 0 Å². The lowest BCUT2D eigenvalue weighted by molar-refractivity contribution is 0.411. The Morgan fingerprint density at radius 2 is 2.00 bits per heavy atom. The highest BCUT2D eigenvalue weighted by Gasteiger charge is 2.00. The van der Waals surface area contributed by atoms with E-state index in [4.69, 9.17) is 4.74 Å². The van der Waals surface area contributed by atoms with E-state index in [1.807, 2.05) is 19.2 Å². The molecule has 0 saturated carbocycles. The predicted molar refractivity (Wildman–Crippen MR) is 64.9 cm³/mol. The molecule has 0 aliphatic rings. The van der Waals surface area contributed by atoms with Gasteiger partial charge in [0.1, 0.15) is 0 Å². The predicted octanol–water partition coefficient (Wildman–Crippen LogP) is 1.80. The molecule has 5 nitrogen and oxygen atoms in total. The Morgan fingerprint density at radius 3 is 2.65 bits per heavy atom. The fourth-order valence-electron chi connectivity index (χ4n) is 1.37. The SMILES string of the molecule is COc1cnc(NCc2cnccc2C)nc1. The quantitative estimate of drug-likeness (QED) is 0.867. The zero-order chi connectivity index (χ0) is 12.1. The van der Waals surface area contributed by atoms with E-state index in [0.717, 1.165) is 5.56 Å². The van der Waals surface area contributed by atoms with Crippen molar-refractivity contribution < 1.29 is 4.74 Å². The van der Waals surface area contributed by atoms with E-state index in [2.05, 4.69) is 20.3 Å². The summed E-state index contributed by atoms with van der Waals surface area (Å²) in [6.45, 7) is 2.71. The van der Waals surface area contributed by atoms with Gasteiger partial charge in [-0.3, -0.25) is 4.98 Å². The van der Waals surface area contributed by atoms with Crippen molar-refractivity contribution in [2.75, 3.05) is 12.4 Å². The third-order valence-electron chi connectivity index (χ3n) is 2.45. The number of pyridine rings is 1.